The molecule has 0 saturated carbocycles. The van der Waals surface area contributed by atoms with Crippen LogP contribution in [0.15, 0.2) is 12.4 Å². The van der Waals surface area contributed by atoms with Crippen LogP contribution in [-0.4, -0.2) is 40.0 Å². The van der Waals surface area contributed by atoms with E-state index in [1.807, 2.05) is 26.5 Å². The van der Waals surface area contributed by atoms with Gasteiger partial charge in [-0.05, 0) is 7.05 Å². The van der Waals surface area contributed by atoms with Gasteiger partial charge in [0.1, 0.15) is 0 Å². The average molecular weight is 169 g/mol. The van der Waals surface area contributed by atoms with Gasteiger partial charge in [-0.2, -0.15) is 5.10 Å². The first kappa shape index (κ1) is 9.22. The molecule has 4 heteroatoms. The van der Waals surface area contributed by atoms with Gasteiger partial charge in [-0.25, -0.2) is 0 Å². The predicted octanol–water partition coefficient (Wildman–Crippen LogP) is -0.156. The summed E-state index contributed by atoms with van der Waals surface area (Å²) in [5.41, 5.74) is 1.17. The molecule has 0 aliphatic rings. The number of aliphatic hydroxyl groups is 1. The van der Waals surface area contributed by atoms with Crippen LogP contribution in [-0.2, 0) is 13.6 Å². The highest BCUT2D eigenvalue weighted by Crippen LogP contribution is 1.99. The highest BCUT2D eigenvalue weighted by atomic mass is 16.3. The number of aliphatic hydroxyl groups excluding tert-OH is 1. The Morgan fingerprint density at radius 1 is 1.67 bits per heavy atom. The molecule has 0 amide bonds. The van der Waals surface area contributed by atoms with Gasteiger partial charge in [-0.1, -0.05) is 0 Å². The van der Waals surface area contributed by atoms with Gasteiger partial charge < -0.3 is 5.11 Å². The summed E-state index contributed by atoms with van der Waals surface area (Å²) in [5.74, 6) is 0. The molecule has 4 nitrogen and oxygen atoms in total. The van der Waals surface area contributed by atoms with E-state index in [2.05, 4.69) is 10.00 Å². The largest absolute Gasteiger partial charge is 0.395 e. The molecule has 1 heterocycles. The molecule has 12 heavy (non-hydrogen) atoms. The summed E-state index contributed by atoms with van der Waals surface area (Å²) in [7, 11) is 3.87. The fourth-order valence-corrected chi connectivity index (χ4v) is 1.11. The summed E-state index contributed by atoms with van der Waals surface area (Å²) in [4.78, 5) is 2.05. The Morgan fingerprint density at radius 2 is 2.42 bits per heavy atom. The fraction of sp³-hybridized carbons (Fsp3) is 0.625. The maximum atomic E-state index is 8.66. The molecular weight excluding hydrogens is 154 g/mol. The Labute approximate surface area is 72.4 Å². The zero-order chi connectivity index (χ0) is 8.97. The van der Waals surface area contributed by atoms with Crippen LogP contribution in [0.1, 0.15) is 5.56 Å². The van der Waals surface area contributed by atoms with E-state index in [-0.39, 0.29) is 6.61 Å². The highest BCUT2D eigenvalue weighted by molar-refractivity contribution is 5.02. The molecule has 0 aliphatic heterocycles. The lowest BCUT2D eigenvalue weighted by Crippen LogP contribution is -2.21. The molecule has 1 aromatic rings. The van der Waals surface area contributed by atoms with E-state index in [9.17, 15) is 0 Å². The van der Waals surface area contributed by atoms with Crippen molar-refractivity contribution in [2.45, 2.75) is 6.54 Å². The van der Waals surface area contributed by atoms with Crippen LogP contribution in [0.3, 0.4) is 0 Å². The normalized spacial score (nSPS) is 11.0. The molecule has 0 aromatic carbocycles. The number of hydrogen-bond acceptors (Lipinski definition) is 3. The summed E-state index contributed by atoms with van der Waals surface area (Å²) < 4.78 is 1.78. The van der Waals surface area contributed by atoms with Crippen molar-refractivity contribution in [2.75, 3.05) is 20.2 Å². The van der Waals surface area contributed by atoms with Crippen molar-refractivity contribution in [1.82, 2.24) is 14.7 Å². The third kappa shape index (κ3) is 2.64. The van der Waals surface area contributed by atoms with Crippen molar-refractivity contribution in [3.63, 3.8) is 0 Å². The van der Waals surface area contributed by atoms with Gasteiger partial charge in [-0.3, -0.25) is 9.58 Å². The molecular formula is C8H15N3O. The summed E-state index contributed by atoms with van der Waals surface area (Å²) >= 11 is 0. The van der Waals surface area contributed by atoms with Crippen LogP contribution in [0.25, 0.3) is 0 Å². The molecule has 0 fully saturated rings. The van der Waals surface area contributed by atoms with Gasteiger partial charge in [0.05, 0.1) is 12.8 Å². The van der Waals surface area contributed by atoms with Gasteiger partial charge in [-0.15, -0.1) is 0 Å². The zero-order valence-corrected chi connectivity index (χ0v) is 7.56. The third-order valence-electron chi connectivity index (χ3n) is 1.69. The van der Waals surface area contributed by atoms with E-state index in [1.165, 1.54) is 5.56 Å². The number of likely N-dealkylation sites (N-methyl/N-ethyl adjacent to an activating group) is 1. The number of aromatic nitrogens is 2. The Balaban J connectivity index is 2.41. The number of hydrogen-bond donors (Lipinski definition) is 1. The number of aryl methyl sites for hydroxylation is 1. The Morgan fingerprint density at radius 3 is 2.92 bits per heavy atom. The molecule has 1 aromatic heterocycles. The first-order chi connectivity index (χ1) is 5.72. The molecule has 0 radical (unpaired) electrons. The van der Waals surface area contributed by atoms with E-state index in [4.69, 9.17) is 5.11 Å². The van der Waals surface area contributed by atoms with Gasteiger partial charge >= 0.3 is 0 Å². The van der Waals surface area contributed by atoms with Crippen molar-refractivity contribution < 1.29 is 5.11 Å². The molecule has 68 valence electrons. The molecule has 1 rings (SSSR count). The second kappa shape index (κ2) is 4.23. The van der Waals surface area contributed by atoms with Crippen LogP contribution >= 0.6 is 0 Å². The lowest BCUT2D eigenvalue weighted by molar-refractivity contribution is 0.217. The molecule has 0 bridgehead atoms. The lowest BCUT2D eigenvalue weighted by Gasteiger charge is -2.12. The van der Waals surface area contributed by atoms with Crippen molar-refractivity contribution in [2.24, 2.45) is 7.05 Å². The van der Waals surface area contributed by atoms with Crippen LogP contribution in [0.5, 0.6) is 0 Å². The molecule has 0 aliphatic carbocycles. The first-order valence-electron chi connectivity index (χ1n) is 3.99. The Hall–Kier alpha value is -0.870. The second-order valence-electron chi connectivity index (χ2n) is 2.98. The van der Waals surface area contributed by atoms with E-state index in [0.29, 0.717) is 6.54 Å². The van der Waals surface area contributed by atoms with Gasteiger partial charge in [0.2, 0.25) is 0 Å². The smallest absolute Gasteiger partial charge is 0.0558 e. The molecule has 0 spiro atoms. The number of rotatable bonds is 4. The maximum Gasteiger partial charge on any atom is 0.0558 e. The first-order valence-corrected chi connectivity index (χ1v) is 3.99. The van der Waals surface area contributed by atoms with E-state index >= 15 is 0 Å². The maximum absolute atomic E-state index is 8.66. The second-order valence-corrected chi connectivity index (χ2v) is 2.98. The molecule has 0 atom stereocenters. The van der Waals surface area contributed by atoms with Crippen LogP contribution < -0.4 is 0 Å². The topological polar surface area (TPSA) is 41.3 Å². The van der Waals surface area contributed by atoms with Gasteiger partial charge in [0, 0.05) is 31.9 Å². The standard InChI is InChI=1S/C8H15N3O/c1-10(3-4-12)6-8-5-9-11(2)7-8/h5,7,12H,3-4,6H2,1-2H3. The molecule has 0 saturated heterocycles. The summed E-state index contributed by atoms with van der Waals surface area (Å²) in [6.07, 6.45) is 3.82. The average Bonchev–Trinajstić information content (AvgIpc) is 2.36. The summed E-state index contributed by atoms with van der Waals surface area (Å²) in [5, 5.41) is 12.7. The van der Waals surface area contributed by atoms with E-state index in [1.54, 1.807) is 4.68 Å². The lowest BCUT2D eigenvalue weighted by atomic mass is 10.3. The van der Waals surface area contributed by atoms with Crippen LogP contribution in [0, 0.1) is 0 Å². The summed E-state index contributed by atoms with van der Waals surface area (Å²) in [6, 6.07) is 0. The fourth-order valence-electron chi connectivity index (χ4n) is 1.11. The SMILES string of the molecule is CN(CCO)Cc1cnn(C)c1. The van der Waals surface area contributed by atoms with Crippen molar-refractivity contribution in [3.8, 4) is 0 Å². The number of nitrogens with zero attached hydrogens (tertiary/aromatic N) is 3. The minimum absolute atomic E-state index is 0.205. The highest BCUT2D eigenvalue weighted by Gasteiger charge is 2.00. The summed E-state index contributed by atoms with van der Waals surface area (Å²) in [6.45, 7) is 1.75. The molecule has 0 unspecified atom stereocenters. The van der Waals surface area contributed by atoms with Crippen LogP contribution in [0.2, 0.25) is 0 Å². The van der Waals surface area contributed by atoms with Gasteiger partial charge in [0.25, 0.3) is 0 Å². The van der Waals surface area contributed by atoms with Crippen LogP contribution in [0.4, 0.5) is 0 Å². The van der Waals surface area contributed by atoms with Gasteiger partial charge in [0.15, 0.2) is 0 Å². The minimum atomic E-state index is 0.205. The minimum Gasteiger partial charge on any atom is -0.395 e. The Bertz CT molecular complexity index is 234. The molecule has 1 N–H and O–H groups in total. The predicted molar refractivity (Wildman–Crippen MR) is 46.6 cm³/mol. The van der Waals surface area contributed by atoms with Crippen molar-refractivity contribution in [1.29, 1.82) is 0 Å². The van der Waals surface area contributed by atoms with E-state index in [0.717, 1.165) is 6.54 Å². The third-order valence-corrected chi connectivity index (χ3v) is 1.69. The zero-order valence-electron chi connectivity index (χ0n) is 7.56. The van der Waals surface area contributed by atoms with Crippen molar-refractivity contribution >= 4 is 0 Å². The monoisotopic (exact) mass is 169 g/mol. The van der Waals surface area contributed by atoms with Crippen molar-refractivity contribution in [3.05, 3.63) is 18.0 Å². The Kier molecular flexibility index (Phi) is 3.25. The van der Waals surface area contributed by atoms with E-state index < -0.39 is 0 Å². The quantitative estimate of drug-likeness (QED) is 0.681.